The van der Waals surface area contributed by atoms with E-state index in [0.717, 1.165) is 5.56 Å². The van der Waals surface area contributed by atoms with Crippen molar-refractivity contribution >= 4 is 34.8 Å². The van der Waals surface area contributed by atoms with Gasteiger partial charge in [0.15, 0.2) is 5.84 Å². The van der Waals surface area contributed by atoms with Gasteiger partial charge in [0.2, 0.25) is 0 Å². The van der Waals surface area contributed by atoms with Crippen molar-refractivity contribution in [2.24, 2.45) is 10.7 Å². The van der Waals surface area contributed by atoms with Gasteiger partial charge in [0.25, 0.3) is 0 Å². The van der Waals surface area contributed by atoms with Gasteiger partial charge in [0.1, 0.15) is 10.8 Å². The maximum atomic E-state index is 11.6. The molecule has 0 atom stereocenters. The summed E-state index contributed by atoms with van der Waals surface area (Å²) in [6.07, 6.45) is 0. The number of hydrogen-bond donors (Lipinski definition) is 2. The second kappa shape index (κ2) is 6.44. The third-order valence-electron chi connectivity index (χ3n) is 3.01. The summed E-state index contributed by atoms with van der Waals surface area (Å²) < 4.78 is 4.69. The molecule has 114 valence electrons. The predicted octanol–water partition coefficient (Wildman–Crippen LogP) is 2.45. The fraction of sp³-hybridized carbons (Fsp3) is 0.133. The number of esters is 1. The van der Waals surface area contributed by atoms with E-state index in [9.17, 15) is 4.79 Å². The van der Waals surface area contributed by atoms with Crippen LogP contribution in [-0.4, -0.2) is 23.9 Å². The van der Waals surface area contributed by atoms with Crippen molar-refractivity contribution in [1.82, 2.24) is 4.98 Å². The van der Waals surface area contributed by atoms with Gasteiger partial charge in [-0.25, -0.2) is 14.8 Å². The first-order valence-electron chi connectivity index (χ1n) is 6.38. The van der Waals surface area contributed by atoms with E-state index in [0.29, 0.717) is 22.6 Å². The number of hydrogen-bond acceptors (Lipinski definition) is 5. The molecule has 6 nitrogen and oxygen atoms in total. The number of aromatic nitrogens is 1. The largest absolute Gasteiger partial charge is 0.465 e. The summed E-state index contributed by atoms with van der Waals surface area (Å²) in [5.74, 6) is -0.333. The Kier molecular flexibility index (Phi) is 4.62. The molecule has 1 heterocycles. The summed E-state index contributed by atoms with van der Waals surface area (Å²) >= 11 is 5.84. The number of benzene rings is 1. The lowest BCUT2D eigenvalue weighted by Crippen LogP contribution is -2.17. The van der Waals surface area contributed by atoms with Gasteiger partial charge in [0, 0.05) is 0 Å². The molecule has 22 heavy (non-hydrogen) atoms. The van der Waals surface area contributed by atoms with Crippen molar-refractivity contribution in [2.75, 3.05) is 12.8 Å². The van der Waals surface area contributed by atoms with E-state index in [4.69, 9.17) is 23.1 Å². The van der Waals surface area contributed by atoms with Gasteiger partial charge in [-0.05, 0) is 36.8 Å². The summed E-state index contributed by atoms with van der Waals surface area (Å²) in [5.41, 5.74) is 14.2. The standard InChI is InChI=1S/C15H15ClN4O2/c1-8-3-4-9(15(21)22-2)7-11(8)19-14(18)13-10(17)5-6-12(16)20-13/h3-7H,17H2,1-2H3,(H2,18,19). The minimum Gasteiger partial charge on any atom is -0.465 e. The van der Waals surface area contributed by atoms with Crippen molar-refractivity contribution in [1.29, 1.82) is 0 Å². The van der Waals surface area contributed by atoms with Crippen LogP contribution in [0.25, 0.3) is 0 Å². The fourth-order valence-electron chi connectivity index (χ4n) is 1.81. The normalized spacial score (nSPS) is 11.3. The molecule has 0 fully saturated rings. The molecular formula is C15H15ClN4O2. The fourth-order valence-corrected chi connectivity index (χ4v) is 1.96. The molecule has 2 aromatic rings. The van der Waals surface area contributed by atoms with Crippen molar-refractivity contribution in [3.63, 3.8) is 0 Å². The molecule has 4 N–H and O–H groups in total. The molecule has 0 saturated heterocycles. The van der Waals surface area contributed by atoms with E-state index < -0.39 is 5.97 Å². The van der Waals surface area contributed by atoms with Crippen LogP contribution in [0.3, 0.4) is 0 Å². The Morgan fingerprint density at radius 1 is 1.32 bits per heavy atom. The van der Waals surface area contributed by atoms with E-state index in [1.165, 1.54) is 7.11 Å². The zero-order valence-corrected chi connectivity index (χ0v) is 12.9. The number of halogens is 1. The van der Waals surface area contributed by atoms with E-state index >= 15 is 0 Å². The first kappa shape index (κ1) is 15.8. The van der Waals surface area contributed by atoms with E-state index in [2.05, 4.69) is 14.7 Å². The quantitative estimate of drug-likeness (QED) is 0.391. The number of nitrogens with zero attached hydrogens (tertiary/aromatic N) is 2. The molecule has 0 amide bonds. The minimum absolute atomic E-state index is 0.116. The maximum Gasteiger partial charge on any atom is 0.337 e. The van der Waals surface area contributed by atoms with Crippen LogP contribution in [0, 0.1) is 6.92 Å². The van der Waals surface area contributed by atoms with Crippen molar-refractivity contribution in [2.45, 2.75) is 6.92 Å². The molecule has 0 aliphatic carbocycles. The molecule has 0 bridgehead atoms. The Labute approximate surface area is 132 Å². The number of amidine groups is 1. The van der Waals surface area contributed by atoms with Gasteiger partial charge in [-0.1, -0.05) is 17.7 Å². The Morgan fingerprint density at radius 3 is 2.73 bits per heavy atom. The molecular weight excluding hydrogens is 304 g/mol. The monoisotopic (exact) mass is 318 g/mol. The average molecular weight is 319 g/mol. The molecule has 0 unspecified atom stereocenters. The molecule has 0 aliphatic rings. The van der Waals surface area contributed by atoms with Crippen LogP contribution < -0.4 is 11.5 Å². The number of aryl methyl sites for hydroxylation is 1. The predicted molar refractivity (Wildman–Crippen MR) is 86.6 cm³/mol. The van der Waals surface area contributed by atoms with Crippen LogP contribution >= 0.6 is 11.6 Å². The Bertz CT molecular complexity index is 759. The number of nitrogen functional groups attached to an aromatic ring is 1. The van der Waals surface area contributed by atoms with Crippen LogP contribution in [0.4, 0.5) is 11.4 Å². The first-order chi connectivity index (χ1) is 10.4. The first-order valence-corrected chi connectivity index (χ1v) is 6.75. The molecule has 0 radical (unpaired) electrons. The van der Waals surface area contributed by atoms with Gasteiger partial charge in [-0.2, -0.15) is 0 Å². The molecule has 1 aromatic heterocycles. The summed E-state index contributed by atoms with van der Waals surface area (Å²) in [7, 11) is 1.32. The summed E-state index contributed by atoms with van der Waals surface area (Å²) in [6.45, 7) is 1.85. The van der Waals surface area contributed by atoms with E-state index in [1.54, 1.807) is 30.3 Å². The summed E-state index contributed by atoms with van der Waals surface area (Å²) in [6, 6.07) is 8.17. The number of aliphatic imine (C=N–C) groups is 1. The van der Waals surface area contributed by atoms with Crippen molar-refractivity contribution in [3.8, 4) is 0 Å². The maximum absolute atomic E-state index is 11.6. The topological polar surface area (TPSA) is 104 Å². The van der Waals surface area contributed by atoms with Gasteiger partial charge in [-0.3, -0.25) is 0 Å². The van der Waals surface area contributed by atoms with Gasteiger partial charge in [-0.15, -0.1) is 0 Å². The zero-order chi connectivity index (χ0) is 16.3. The lowest BCUT2D eigenvalue weighted by molar-refractivity contribution is 0.0601. The number of anilines is 1. The third-order valence-corrected chi connectivity index (χ3v) is 3.22. The highest BCUT2D eigenvalue weighted by Crippen LogP contribution is 2.22. The molecule has 7 heteroatoms. The molecule has 0 spiro atoms. The second-order valence-electron chi connectivity index (χ2n) is 4.56. The van der Waals surface area contributed by atoms with Crippen LogP contribution in [0.2, 0.25) is 5.15 Å². The van der Waals surface area contributed by atoms with Crippen molar-refractivity contribution < 1.29 is 9.53 Å². The van der Waals surface area contributed by atoms with Gasteiger partial charge < -0.3 is 16.2 Å². The molecule has 2 rings (SSSR count). The molecule has 1 aromatic carbocycles. The van der Waals surface area contributed by atoms with Crippen LogP contribution in [0.5, 0.6) is 0 Å². The van der Waals surface area contributed by atoms with Crippen LogP contribution in [0.1, 0.15) is 21.6 Å². The number of carbonyl (C=O) groups is 1. The van der Waals surface area contributed by atoms with Gasteiger partial charge >= 0.3 is 5.97 Å². The lowest BCUT2D eigenvalue weighted by atomic mass is 10.1. The second-order valence-corrected chi connectivity index (χ2v) is 4.95. The number of nitrogens with two attached hydrogens (primary N) is 2. The third kappa shape index (κ3) is 3.35. The average Bonchev–Trinajstić information content (AvgIpc) is 2.50. The Hall–Kier alpha value is -2.60. The lowest BCUT2D eigenvalue weighted by Gasteiger charge is -2.07. The van der Waals surface area contributed by atoms with Crippen molar-refractivity contribution in [3.05, 3.63) is 52.3 Å². The van der Waals surface area contributed by atoms with Crippen LogP contribution in [-0.2, 0) is 4.74 Å². The van der Waals surface area contributed by atoms with Gasteiger partial charge in [0.05, 0.1) is 24.0 Å². The molecule has 0 aliphatic heterocycles. The smallest absolute Gasteiger partial charge is 0.337 e. The minimum atomic E-state index is -0.449. The molecule has 0 saturated carbocycles. The highest BCUT2D eigenvalue weighted by Gasteiger charge is 2.11. The Balaban J connectivity index is 2.47. The summed E-state index contributed by atoms with van der Waals surface area (Å²) in [5, 5.41) is 0.266. The van der Waals surface area contributed by atoms with E-state index in [1.807, 2.05) is 6.92 Å². The van der Waals surface area contributed by atoms with Crippen LogP contribution in [0.15, 0.2) is 35.3 Å². The van der Waals surface area contributed by atoms with E-state index in [-0.39, 0.29) is 11.0 Å². The zero-order valence-electron chi connectivity index (χ0n) is 12.1. The highest BCUT2D eigenvalue weighted by atomic mass is 35.5. The SMILES string of the molecule is COC(=O)c1ccc(C)c(N=C(N)c2nc(Cl)ccc2N)c1. The summed E-state index contributed by atoms with van der Waals surface area (Å²) in [4.78, 5) is 19.9. The number of pyridine rings is 1. The Morgan fingerprint density at radius 2 is 2.05 bits per heavy atom. The number of carbonyl (C=O) groups excluding carboxylic acids is 1. The number of ether oxygens (including phenoxy) is 1. The highest BCUT2D eigenvalue weighted by molar-refractivity contribution is 6.29. The number of methoxy groups -OCH3 is 1. The number of rotatable bonds is 3.